The third-order valence-corrected chi connectivity index (χ3v) is 8.62. The second-order valence-electron chi connectivity index (χ2n) is 12.4. The molecule has 224 valence electrons. The quantitative estimate of drug-likeness (QED) is 0.348. The predicted molar refractivity (Wildman–Crippen MR) is 164 cm³/mol. The molecule has 3 aromatic rings. The molecule has 0 spiro atoms. The van der Waals surface area contributed by atoms with Crippen LogP contribution in [0.1, 0.15) is 88.6 Å². The fourth-order valence-corrected chi connectivity index (χ4v) is 6.31. The van der Waals surface area contributed by atoms with Gasteiger partial charge in [0.1, 0.15) is 0 Å². The van der Waals surface area contributed by atoms with E-state index < -0.39 is 0 Å². The van der Waals surface area contributed by atoms with Crippen LogP contribution in [0.5, 0.6) is 0 Å². The van der Waals surface area contributed by atoms with Gasteiger partial charge in [0.05, 0.1) is 0 Å². The van der Waals surface area contributed by atoms with E-state index in [4.69, 9.17) is 4.42 Å². The van der Waals surface area contributed by atoms with Gasteiger partial charge in [-0.2, -0.15) is 0 Å². The van der Waals surface area contributed by atoms with Crippen molar-refractivity contribution in [1.29, 1.82) is 0 Å². The van der Waals surface area contributed by atoms with Gasteiger partial charge < -0.3 is 14.2 Å². The molecule has 2 amide bonds. The van der Waals surface area contributed by atoms with Gasteiger partial charge in [0, 0.05) is 68.6 Å². The van der Waals surface area contributed by atoms with Crippen LogP contribution in [0.15, 0.2) is 59.0 Å². The number of aryl methyl sites for hydroxylation is 1. The summed E-state index contributed by atoms with van der Waals surface area (Å²) < 4.78 is 5.80. The SMILES string of the molecule is CC(C)C(=O)N1CCC2CCCC(CN(C(=O)CCc3nnc(C(C)C)o3)Cc3ccccc31)N2Cc1ccccc1. The van der Waals surface area contributed by atoms with Gasteiger partial charge in [-0.3, -0.25) is 14.5 Å². The summed E-state index contributed by atoms with van der Waals surface area (Å²) in [6, 6.07) is 19.3. The molecule has 8 heteroatoms. The van der Waals surface area contributed by atoms with E-state index in [9.17, 15) is 9.59 Å². The second kappa shape index (κ2) is 13.6. The average Bonchev–Trinajstić information content (AvgIpc) is 3.47. The highest BCUT2D eigenvalue weighted by molar-refractivity contribution is 5.95. The molecule has 0 N–H and O–H groups in total. The molecular weight excluding hydrogens is 526 g/mol. The molecule has 0 saturated carbocycles. The van der Waals surface area contributed by atoms with Crippen LogP contribution in [0, 0.1) is 5.92 Å². The Kier molecular flexibility index (Phi) is 9.73. The van der Waals surface area contributed by atoms with Crippen LogP contribution in [0.2, 0.25) is 0 Å². The highest BCUT2D eigenvalue weighted by atomic mass is 16.4. The fourth-order valence-electron chi connectivity index (χ4n) is 6.31. The Balaban J connectivity index is 1.47. The third kappa shape index (κ3) is 7.09. The number of piperidine rings is 1. The Hall–Kier alpha value is -3.52. The maximum absolute atomic E-state index is 14.0. The maximum Gasteiger partial charge on any atom is 0.229 e. The van der Waals surface area contributed by atoms with Gasteiger partial charge in [0.25, 0.3) is 0 Å². The molecule has 2 aromatic carbocycles. The van der Waals surface area contributed by atoms with Crippen molar-refractivity contribution >= 4 is 17.5 Å². The number of rotatable bonds is 7. The van der Waals surface area contributed by atoms with Crippen molar-refractivity contribution in [1.82, 2.24) is 20.0 Å². The molecule has 8 nitrogen and oxygen atoms in total. The first-order chi connectivity index (χ1) is 20.3. The number of nitrogens with zero attached hydrogens (tertiary/aromatic N) is 5. The number of para-hydroxylation sites is 1. The van der Waals surface area contributed by atoms with E-state index in [2.05, 4.69) is 51.5 Å². The molecule has 2 bridgehead atoms. The van der Waals surface area contributed by atoms with Gasteiger partial charge in [-0.15, -0.1) is 10.2 Å². The molecule has 5 rings (SSSR count). The lowest BCUT2D eigenvalue weighted by Gasteiger charge is -2.44. The highest BCUT2D eigenvalue weighted by Crippen LogP contribution is 2.32. The minimum Gasteiger partial charge on any atom is -0.425 e. The largest absolute Gasteiger partial charge is 0.425 e. The minimum atomic E-state index is -0.120. The van der Waals surface area contributed by atoms with E-state index in [0.717, 1.165) is 43.5 Å². The first kappa shape index (κ1) is 30.0. The number of anilines is 1. The van der Waals surface area contributed by atoms with Gasteiger partial charge in [0.2, 0.25) is 23.6 Å². The van der Waals surface area contributed by atoms with Crippen molar-refractivity contribution in [2.75, 3.05) is 18.0 Å². The van der Waals surface area contributed by atoms with Crippen LogP contribution in [0.25, 0.3) is 0 Å². The Labute approximate surface area is 250 Å². The summed E-state index contributed by atoms with van der Waals surface area (Å²) in [6.07, 6.45) is 4.87. The van der Waals surface area contributed by atoms with Gasteiger partial charge in [-0.05, 0) is 36.5 Å². The first-order valence-electron chi connectivity index (χ1n) is 15.6. The molecule has 0 aliphatic carbocycles. The molecular formula is C34H45N5O3. The molecule has 3 heterocycles. The van der Waals surface area contributed by atoms with Crippen molar-refractivity contribution in [3.05, 3.63) is 77.5 Å². The van der Waals surface area contributed by atoms with Crippen molar-refractivity contribution < 1.29 is 14.0 Å². The van der Waals surface area contributed by atoms with Crippen LogP contribution in [0.3, 0.4) is 0 Å². The second-order valence-corrected chi connectivity index (χ2v) is 12.4. The molecule has 2 atom stereocenters. The summed E-state index contributed by atoms with van der Waals surface area (Å²) in [5, 5.41) is 8.32. The number of fused-ring (bicyclic) bond motifs is 3. The van der Waals surface area contributed by atoms with Crippen LogP contribution >= 0.6 is 0 Å². The molecule has 2 aliphatic rings. The predicted octanol–water partition coefficient (Wildman–Crippen LogP) is 5.97. The zero-order valence-corrected chi connectivity index (χ0v) is 25.5. The van der Waals surface area contributed by atoms with Gasteiger partial charge in [-0.25, -0.2) is 0 Å². The van der Waals surface area contributed by atoms with E-state index in [1.54, 1.807) is 0 Å². The highest BCUT2D eigenvalue weighted by Gasteiger charge is 2.35. The van der Waals surface area contributed by atoms with Gasteiger partial charge >= 0.3 is 0 Å². The van der Waals surface area contributed by atoms with E-state index in [1.807, 2.05) is 55.7 Å². The summed E-state index contributed by atoms with van der Waals surface area (Å²) >= 11 is 0. The maximum atomic E-state index is 14.0. The van der Waals surface area contributed by atoms with Crippen LogP contribution in [-0.2, 0) is 29.1 Å². The molecule has 1 saturated heterocycles. The molecule has 1 aromatic heterocycles. The van der Waals surface area contributed by atoms with Gasteiger partial charge in [-0.1, -0.05) is 82.6 Å². The van der Waals surface area contributed by atoms with Gasteiger partial charge in [0.15, 0.2) is 0 Å². The third-order valence-electron chi connectivity index (χ3n) is 8.62. The van der Waals surface area contributed by atoms with Crippen molar-refractivity contribution in [2.45, 2.75) is 97.3 Å². The minimum absolute atomic E-state index is 0.0665. The standard InChI is InChI=1S/C34H45N5O3/c1-24(2)33-36-35-31(42-33)17-18-32(40)37-22-27-13-8-9-16-30(27)38(34(41)25(3)4)20-19-28-14-10-15-29(23-37)39(28)21-26-11-6-5-7-12-26/h5-9,11-13,16,24-25,28-29H,10,14-15,17-23H2,1-4H3. The summed E-state index contributed by atoms with van der Waals surface area (Å²) in [4.78, 5) is 34.1. The van der Waals surface area contributed by atoms with E-state index in [-0.39, 0.29) is 29.7 Å². The average molecular weight is 572 g/mol. The Bertz CT molecular complexity index is 1340. The molecule has 0 radical (unpaired) electrons. The van der Waals surface area contributed by atoms with E-state index in [0.29, 0.717) is 50.3 Å². The van der Waals surface area contributed by atoms with E-state index >= 15 is 0 Å². The van der Waals surface area contributed by atoms with Crippen molar-refractivity contribution in [2.24, 2.45) is 5.92 Å². The molecule has 1 fully saturated rings. The summed E-state index contributed by atoms with van der Waals surface area (Å²) in [6.45, 7) is 10.6. The Morgan fingerprint density at radius 1 is 0.929 bits per heavy atom. The number of aromatic nitrogens is 2. The van der Waals surface area contributed by atoms with Crippen molar-refractivity contribution in [3.63, 3.8) is 0 Å². The van der Waals surface area contributed by atoms with Crippen LogP contribution < -0.4 is 4.90 Å². The number of carbonyl (C=O) groups is 2. The van der Waals surface area contributed by atoms with E-state index in [1.165, 1.54) is 5.56 Å². The van der Waals surface area contributed by atoms with Crippen molar-refractivity contribution in [3.8, 4) is 0 Å². The lowest BCUT2D eigenvalue weighted by atomic mass is 9.92. The lowest BCUT2D eigenvalue weighted by Crippen LogP contribution is -2.52. The smallest absolute Gasteiger partial charge is 0.229 e. The topological polar surface area (TPSA) is 82.8 Å². The summed E-state index contributed by atoms with van der Waals surface area (Å²) in [5.74, 6) is 1.32. The normalized spacial score (nSPS) is 20.0. The number of carbonyl (C=O) groups excluding carboxylic acids is 2. The zero-order valence-electron chi connectivity index (χ0n) is 25.5. The monoisotopic (exact) mass is 571 g/mol. The number of hydrogen-bond donors (Lipinski definition) is 0. The number of hydrogen-bond acceptors (Lipinski definition) is 6. The zero-order chi connectivity index (χ0) is 29.6. The number of amides is 2. The molecule has 2 aliphatic heterocycles. The Morgan fingerprint density at radius 3 is 2.40 bits per heavy atom. The lowest BCUT2D eigenvalue weighted by molar-refractivity contribution is -0.133. The molecule has 2 unspecified atom stereocenters. The van der Waals surface area contributed by atoms with Crippen LogP contribution in [-0.4, -0.2) is 57.0 Å². The summed E-state index contributed by atoms with van der Waals surface area (Å²) in [5.41, 5.74) is 3.20. The number of benzene rings is 2. The first-order valence-corrected chi connectivity index (χ1v) is 15.6. The van der Waals surface area contributed by atoms with Crippen LogP contribution in [0.4, 0.5) is 5.69 Å². The Morgan fingerprint density at radius 2 is 1.67 bits per heavy atom. The molecule has 42 heavy (non-hydrogen) atoms. The fraction of sp³-hybridized carbons (Fsp3) is 0.529. The summed E-state index contributed by atoms with van der Waals surface area (Å²) in [7, 11) is 0.